The second kappa shape index (κ2) is 8.06. The summed E-state index contributed by atoms with van der Waals surface area (Å²) >= 11 is 0. The first kappa shape index (κ1) is 19.8. The highest BCUT2D eigenvalue weighted by Crippen LogP contribution is 2.34. The van der Waals surface area contributed by atoms with E-state index in [0.717, 1.165) is 23.3 Å². The second-order valence-electron chi connectivity index (χ2n) is 7.22. The van der Waals surface area contributed by atoms with Crippen LogP contribution >= 0.6 is 0 Å². The molecule has 0 radical (unpaired) electrons. The van der Waals surface area contributed by atoms with Crippen LogP contribution < -0.4 is 5.32 Å². The molecule has 4 rings (SSSR count). The molecule has 0 saturated carbocycles. The predicted molar refractivity (Wildman–Crippen MR) is 106 cm³/mol. The fourth-order valence-corrected chi connectivity index (χ4v) is 3.61. The Kier molecular flexibility index (Phi) is 5.31. The van der Waals surface area contributed by atoms with Gasteiger partial charge in [-0.15, -0.1) is 0 Å². The maximum absolute atomic E-state index is 13.4. The lowest BCUT2D eigenvalue weighted by molar-refractivity contribution is -0.132. The lowest BCUT2D eigenvalue weighted by Crippen LogP contribution is -2.44. The number of halogens is 1. The third kappa shape index (κ3) is 3.56. The summed E-state index contributed by atoms with van der Waals surface area (Å²) in [5, 5.41) is 6.77. The molecule has 1 aliphatic rings. The van der Waals surface area contributed by atoms with Crippen LogP contribution in [0.4, 0.5) is 9.18 Å². The summed E-state index contributed by atoms with van der Waals surface area (Å²) in [5.74, 6) is -0.322. The Hall–Kier alpha value is -3.55. The van der Waals surface area contributed by atoms with Crippen molar-refractivity contribution in [1.82, 2.24) is 20.4 Å². The first-order chi connectivity index (χ1) is 14.5. The highest BCUT2D eigenvalue weighted by molar-refractivity contribution is 6.07. The fourth-order valence-electron chi connectivity index (χ4n) is 3.61. The molecule has 1 atom stereocenters. The minimum absolute atomic E-state index is 0.115. The Balaban J connectivity index is 1.59. The minimum atomic E-state index is -1.10. The van der Waals surface area contributed by atoms with Crippen molar-refractivity contribution < 1.29 is 18.5 Å². The van der Waals surface area contributed by atoms with Gasteiger partial charge in [0.2, 0.25) is 0 Å². The Morgan fingerprint density at radius 2 is 1.83 bits per heavy atom. The van der Waals surface area contributed by atoms with Gasteiger partial charge in [-0.3, -0.25) is 9.69 Å². The molecule has 1 aromatic heterocycles. The van der Waals surface area contributed by atoms with E-state index >= 15 is 0 Å². The number of unbranched alkanes of at least 4 members (excludes halogenated alkanes) is 1. The number of nitrogens with one attached hydrogen (secondary N) is 1. The summed E-state index contributed by atoms with van der Waals surface area (Å²) in [6.07, 6.45) is 2.18. The maximum atomic E-state index is 13.4. The molecule has 3 amide bonds. The highest BCUT2D eigenvalue weighted by Gasteiger charge is 2.52. The smallest absolute Gasteiger partial charge is 0.325 e. The molecule has 0 spiro atoms. The van der Waals surface area contributed by atoms with E-state index in [2.05, 4.69) is 15.5 Å². The zero-order valence-corrected chi connectivity index (χ0v) is 16.5. The van der Waals surface area contributed by atoms with Gasteiger partial charge < -0.3 is 9.84 Å². The normalized spacial score (nSPS) is 18.7. The Bertz CT molecular complexity index is 1050. The zero-order valence-electron chi connectivity index (χ0n) is 16.5. The van der Waals surface area contributed by atoms with Crippen LogP contribution in [-0.4, -0.2) is 27.0 Å². The monoisotopic (exact) mass is 408 g/mol. The van der Waals surface area contributed by atoms with Gasteiger partial charge in [-0.1, -0.05) is 55.3 Å². The van der Waals surface area contributed by atoms with E-state index in [1.807, 2.05) is 37.3 Å². The van der Waals surface area contributed by atoms with E-state index in [9.17, 15) is 14.0 Å². The van der Waals surface area contributed by atoms with E-state index < -0.39 is 11.6 Å². The van der Waals surface area contributed by atoms with Gasteiger partial charge in [0.05, 0.1) is 6.54 Å². The second-order valence-corrected chi connectivity index (χ2v) is 7.22. The quantitative estimate of drug-likeness (QED) is 0.597. The van der Waals surface area contributed by atoms with Crippen molar-refractivity contribution in [2.24, 2.45) is 0 Å². The van der Waals surface area contributed by atoms with Crippen molar-refractivity contribution in [3.63, 3.8) is 0 Å². The van der Waals surface area contributed by atoms with Crippen LogP contribution in [0.2, 0.25) is 0 Å². The van der Waals surface area contributed by atoms with Crippen molar-refractivity contribution in [3.05, 3.63) is 71.8 Å². The molecular formula is C22H21FN4O3. The molecule has 7 nitrogen and oxygen atoms in total. The van der Waals surface area contributed by atoms with Gasteiger partial charge in [-0.25, -0.2) is 9.18 Å². The first-order valence-electron chi connectivity index (χ1n) is 9.81. The van der Waals surface area contributed by atoms with Gasteiger partial charge in [-0.2, -0.15) is 4.98 Å². The molecule has 30 heavy (non-hydrogen) atoms. The number of imide groups is 1. The van der Waals surface area contributed by atoms with Gasteiger partial charge >= 0.3 is 6.03 Å². The van der Waals surface area contributed by atoms with Crippen LogP contribution in [0.25, 0.3) is 11.5 Å². The lowest BCUT2D eigenvalue weighted by Gasteiger charge is -2.27. The molecule has 1 fully saturated rings. The molecular weight excluding hydrogens is 387 g/mol. The van der Waals surface area contributed by atoms with Crippen molar-refractivity contribution in [2.45, 2.75) is 38.3 Å². The van der Waals surface area contributed by atoms with E-state index in [4.69, 9.17) is 4.52 Å². The molecule has 8 heteroatoms. The molecule has 3 aromatic rings. The van der Waals surface area contributed by atoms with Crippen LogP contribution in [-0.2, 0) is 16.9 Å². The maximum Gasteiger partial charge on any atom is 0.325 e. The van der Waals surface area contributed by atoms with Crippen molar-refractivity contribution in [3.8, 4) is 11.5 Å². The topological polar surface area (TPSA) is 88.3 Å². The van der Waals surface area contributed by atoms with Crippen molar-refractivity contribution in [2.75, 3.05) is 0 Å². The van der Waals surface area contributed by atoms with Gasteiger partial charge in [0.1, 0.15) is 11.4 Å². The van der Waals surface area contributed by atoms with E-state index in [0.29, 0.717) is 12.0 Å². The third-order valence-corrected chi connectivity index (χ3v) is 5.21. The predicted octanol–water partition coefficient (Wildman–Crippen LogP) is 4.01. The number of nitrogens with zero attached hydrogens (tertiary/aromatic N) is 3. The largest absolute Gasteiger partial charge is 0.334 e. The number of hydrogen-bond donors (Lipinski definition) is 1. The summed E-state index contributed by atoms with van der Waals surface area (Å²) < 4.78 is 18.3. The molecule has 1 aliphatic heterocycles. The van der Waals surface area contributed by atoms with E-state index in [1.54, 1.807) is 0 Å². The van der Waals surface area contributed by atoms with Crippen LogP contribution in [0, 0.1) is 5.82 Å². The number of benzene rings is 2. The standard InChI is InChI=1S/C22H21FN4O3/c1-2-3-13-22(16-7-5-4-6-8-16)20(28)27(21(29)25-22)14-18-24-19(30-26-18)15-9-11-17(23)12-10-15/h4-12H,2-3,13-14H2,1H3,(H,25,29). The number of carbonyl (C=O) groups excluding carboxylic acids is 2. The number of aromatic nitrogens is 2. The van der Waals surface area contributed by atoms with Gasteiger partial charge in [0, 0.05) is 5.56 Å². The van der Waals surface area contributed by atoms with Gasteiger partial charge in [0.15, 0.2) is 5.82 Å². The van der Waals surface area contributed by atoms with Crippen LogP contribution in [0.3, 0.4) is 0 Å². The number of carbonyl (C=O) groups is 2. The van der Waals surface area contributed by atoms with Gasteiger partial charge in [-0.05, 0) is 36.2 Å². The third-order valence-electron chi connectivity index (χ3n) is 5.21. The number of urea groups is 1. The van der Waals surface area contributed by atoms with E-state index in [-0.39, 0.29) is 30.0 Å². The Morgan fingerprint density at radius 3 is 2.53 bits per heavy atom. The molecule has 1 N–H and O–H groups in total. The Labute approximate surface area is 172 Å². The summed E-state index contributed by atoms with van der Waals surface area (Å²) in [6, 6.07) is 14.4. The summed E-state index contributed by atoms with van der Waals surface area (Å²) in [7, 11) is 0. The number of amides is 3. The molecule has 0 aliphatic carbocycles. The zero-order chi connectivity index (χ0) is 21.1. The Morgan fingerprint density at radius 1 is 1.10 bits per heavy atom. The molecule has 1 saturated heterocycles. The highest BCUT2D eigenvalue weighted by atomic mass is 19.1. The molecule has 0 bridgehead atoms. The van der Waals surface area contributed by atoms with Crippen LogP contribution in [0.15, 0.2) is 59.1 Å². The van der Waals surface area contributed by atoms with Crippen molar-refractivity contribution in [1.29, 1.82) is 0 Å². The lowest BCUT2D eigenvalue weighted by atomic mass is 9.85. The molecule has 2 heterocycles. The summed E-state index contributed by atoms with van der Waals surface area (Å²) in [4.78, 5) is 31.5. The molecule has 1 unspecified atom stereocenters. The SMILES string of the molecule is CCCCC1(c2ccccc2)NC(=O)N(Cc2noc(-c3ccc(F)cc3)n2)C1=O. The van der Waals surface area contributed by atoms with Gasteiger partial charge in [0.25, 0.3) is 11.8 Å². The number of hydrogen-bond acceptors (Lipinski definition) is 5. The summed E-state index contributed by atoms with van der Waals surface area (Å²) in [6.45, 7) is 1.92. The van der Waals surface area contributed by atoms with Crippen molar-refractivity contribution >= 4 is 11.9 Å². The fraction of sp³-hybridized carbons (Fsp3) is 0.273. The summed E-state index contributed by atoms with van der Waals surface area (Å²) in [5.41, 5.74) is 0.200. The average Bonchev–Trinajstić information content (AvgIpc) is 3.32. The van der Waals surface area contributed by atoms with E-state index in [1.165, 1.54) is 24.3 Å². The first-order valence-corrected chi connectivity index (χ1v) is 9.81. The van der Waals surface area contributed by atoms with Crippen LogP contribution in [0.5, 0.6) is 0 Å². The molecule has 2 aromatic carbocycles. The molecule has 154 valence electrons. The average molecular weight is 408 g/mol. The van der Waals surface area contributed by atoms with Crippen LogP contribution in [0.1, 0.15) is 37.6 Å². The minimum Gasteiger partial charge on any atom is -0.334 e. The number of rotatable bonds is 7.